The van der Waals surface area contributed by atoms with Crippen molar-refractivity contribution in [1.29, 1.82) is 0 Å². The molecule has 2 N–H and O–H groups in total. The number of carboxylic acid groups (broad SMARTS) is 1. The first-order valence-corrected chi connectivity index (χ1v) is 6.77. The minimum absolute atomic E-state index is 0.0353. The number of aliphatic carboxylic acids is 1. The first kappa shape index (κ1) is 18.8. The van der Waals surface area contributed by atoms with Crippen LogP contribution in [0.25, 0.3) is 0 Å². The Balaban J connectivity index is 3.03. The van der Waals surface area contributed by atoms with E-state index >= 15 is 0 Å². The number of carbonyl (C=O) groups excluding carboxylic acids is 1. The average Bonchev–Trinajstić information content (AvgIpc) is 2.34. The second-order valence-corrected chi connectivity index (χ2v) is 5.92. The number of rotatable bonds is 4. The predicted molar refractivity (Wildman–Crippen MR) is 75.8 cm³/mol. The highest BCUT2D eigenvalue weighted by atomic mass is 19.4. The lowest BCUT2D eigenvalue weighted by atomic mass is 10.0. The van der Waals surface area contributed by atoms with Crippen LogP contribution in [0.4, 0.5) is 18.0 Å². The van der Waals surface area contributed by atoms with E-state index in [-0.39, 0.29) is 5.56 Å². The molecule has 1 aromatic rings. The van der Waals surface area contributed by atoms with Gasteiger partial charge < -0.3 is 15.2 Å². The molecule has 1 atom stereocenters. The van der Waals surface area contributed by atoms with E-state index < -0.39 is 41.9 Å². The van der Waals surface area contributed by atoms with Crippen LogP contribution in [0.1, 0.15) is 44.4 Å². The van der Waals surface area contributed by atoms with Gasteiger partial charge in [0.05, 0.1) is 18.0 Å². The molecule has 0 aliphatic rings. The predicted octanol–water partition coefficient (Wildman–Crippen LogP) is 3.75. The fraction of sp³-hybridized carbons (Fsp3) is 0.467. The molecule has 8 heteroatoms. The minimum atomic E-state index is -4.56. The molecule has 0 heterocycles. The largest absolute Gasteiger partial charge is 0.481 e. The summed E-state index contributed by atoms with van der Waals surface area (Å²) in [5.41, 5.74) is -1.70. The number of amides is 1. The summed E-state index contributed by atoms with van der Waals surface area (Å²) in [5, 5.41) is 11.2. The number of halogens is 3. The molecule has 0 fully saturated rings. The standard InChI is InChI=1S/C15H18F3NO4/c1-14(2,3)23-13(22)19-11(8-12(20)21)9-5-4-6-10(7-9)15(16,17)18/h4-7,11H,8H2,1-3H3,(H,19,22)(H,20,21). The minimum Gasteiger partial charge on any atom is -0.481 e. The van der Waals surface area contributed by atoms with E-state index in [9.17, 15) is 22.8 Å². The van der Waals surface area contributed by atoms with Gasteiger partial charge >= 0.3 is 18.2 Å². The van der Waals surface area contributed by atoms with Crippen molar-refractivity contribution < 1.29 is 32.6 Å². The van der Waals surface area contributed by atoms with Crippen molar-refractivity contribution in [2.45, 2.75) is 45.0 Å². The van der Waals surface area contributed by atoms with E-state index in [1.54, 1.807) is 20.8 Å². The molecule has 1 aromatic carbocycles. The van der Waals surface area contributed by atoms with Crippen molar-refractivity contribution in [1.82, 2.24) is 5.32 Å². The Kier molecular flexibility index (Phi) is 5.63. The molecular weight excluding hydrogens is 315 g/mol. The zero-order chi connectivity index (χ0) is 17.8. The van der Waals surface area contributed by atoms with E-state index in [0.717, 1.165) is 18.2 Å². The maximum absolute atomic E-state index is 12.8. The first-order chi connectivity index (χ1) is 10.4. The van der Waals surface area contributed by atoms with Gasteiger partial charge in [-0.3, -0.25) is 4.79 Å². The fourth-order valence-electron chi connectivity index (χ4n) is 1.81. The molecule has 0 aliphatic heterocycles. The van der Waals surface area contributed by atoms with E-state index in [1.165, 1.54) is 6.07 Å². The molecule has 1 unspecified atom stereocenters. The Hall–Kier alpha value is -2.25. The maximum Gasteiger partial charge on any atom is 0.416 e. The second-order valence-electron chi connectivity index (χ2n) is 5.92. The van der Waals surface area contributed by atoms with Crippen LogP contribution in [0.15, 0.2) is 24.3 Å². The van der Waals surface area contributed by atoms with Gasteiger partial charge in [-0.25, -0.2) is 4.79 Å². The Bertz CT molecular complexity index is 579. The highest BCUT2D eigenvalue weighted by Crippen LogP contribution is 2.31. The zero-order valence-electron chi connectivity index (χ0n) is 12.9. The third-order valence-corrected chi connectivity index (χ3v) is 2.69. The van der Waals surface area contributed by atoms with Gasteiger partial charge in [-0.05, 0) is 38.5 Å². The molecule has 0 spiro atoms. The Morgan fingerprint density at radius 1 is 1.26 bits per heavy atom. The van der Waals surface area contributed by atoms with E-state index in [1.807, 2.05) is 0 Å². The molecule has 128 valence electrons. The van der Waals surface area contributed by atoms with E-state index in [2.05, 4.69) is 5.32 Å². The molecule has 0 radical (unpaired) electrons. The van der Waals surface area contributed by atoms with Gasteiger partial charge in [0.15, 0.2) is 0 Å². The van der Waals surface area contributed by atoms with Gasteiger partial charge in [0, 0.05) is 0 Å². The number of hydrogen-bond donors (Lipinski definition) is 2. The highest BCUT2D eigenvalue weighted by Gasteiger charge is 2.31. The van der Waals surface area contributed by atoms with Gasteiger partial charge in [-0.2, -0.15) is 13.2 Å². The first-order valence-electron chi connectivity index (χ1n) is 6.77. The highest BCUT2D eigenvalue weighted by molar-refractivity contribution is 5.72. The normalized spacial score (nSPS) is 13.3. The molecule has 0 aromatic heterocycles. The fourth-order valence-corrected chi connectivity index (χ4v) is 1.81. The van der Waals surface area contributed by atoms with Crippen LogP contribution in [0.3, 0.4) is 0 Å². The van der Waals surface area contributed by atoms with Crippen molar-refractivity contribution in [3.05, 3.63) is 35.4 Å². The molecule has 0 aliphatic carbocycles. The van der Waals surface area contributed by atoms with Gasteiger partial charge in [0.2, 0.25) is 0 Å². The number of hydrogen-bond acceptors (Lipinski definition) is 3. The van der Waals surface area contributed by atoms with Crippen LogP contribution in [0.2, 0.25) is 0 Å². The average molecular weight is 333 g/mol. The SMILES string of the molecule is CC(C)(C)OC(=O)NC(CC(=O)O)c1cccc(C(F)(F)F)c1. The summed E-state index contributed by atoms with van der Waals surface area (Å²) in [7, 11) is 0. The lowest BCUT2D eigenvalue weighted by molar-refractivity contribution is -0.138. The van der Waals surface area contributed by atoms with Gasteiger partial charge in [-0.15, -0.1) is 0 Å². The summed E-state index contributed by atoms with van der Waals surface area (Å²) in [5.74, 6) is -1.26. The third kappa shape index (κ3) is 6.58. The maximum atomic E-state index is 12.8. The van der Waals surface area contributed by atoms with Crippen molar-refractivity contribution >= 4 is 12.1 Å². The van der Waals surface area contributed by atoms with Gasteiger partial charge in [0.1, 0.15) is 5.60 Å². The van der Waals surface area contributed by atoms with Crippen molar-refractivity contribution in [3.63, 3.8) is 0 Å². The number of ether oxygens (including phenoxy) is 1. The quantitative estimate of drug-likeness (QED) is 0.880. The smallest absolute Gasteiger partial charge is 0.416 e. The lowest BCUT2D eigenvalue weighted by Crippen LogP contribution is -2.35. The molecule has 5 nitrogen and oxygen atoms in total. The number of nitrogens with one attached hydrogen (secondary N) is 1. The molecule has 23 heavy (non-hydrogen) atoms. The summed E-state index contributed by atoms with van der Waals surface area (Å²) in [4.78, 5) is 22.7. The van der Waals surface area contributed by atoms with Crippen molar-refractivity contribution in [2.24, 2.45) is 0 Å². The van der Waals surface area contributed by atoms with Crippen LogP contribution in [0.5, 0.6) is 0 Å². The summed E-state index contributed by atoms with van der Waals surface area (Å²) < 4.78 is 43.3. The Morgan fingerprint density at radius 3 is 2.35 bits per heavy atom. The zero-order valence-corrected chi connectivity index (χ0v) is 12.9. The molecule has 1 rings (SSSR count). The summed E-state index contributed by atoms with van der Waals surface area (Å²) >= 11 is 0. The molecule has 1 amide bonds. The van der Waals surface area contributed by atoms with Crippen LogP contribution in [0, 0.1) is 0 Å². The number of alkyl halides is 3. The molecule has 0 saturated heterocycles. The Morgan fingerprint density at radius 2 is 1.87 bits per heavy atom. The second kappa shape index (κ2) is 6.89. The van der Waals surface area contributed by atoms with E-state index in [4.69, 9.17) is 9.84 Å². The monoisotopic (exact) mass is 333 g/mol. The number of carboxylic acids is 1. The van der Waals surface area contributed by atoms with Crippen LogP contribution in [-0.2, 0) is 15.7 Å². The number of carbonyl (C=O) groups is 2. The number of alkyl carbamates (subject to hydrolysis) is 1. The van der Waals surface area contributed by atoms with Crippen molar-refractivity contribution in [3.8, 4) is 0 Å². The lowest BCUT2D eigenvalue weighted by Gasteiger charge is -2.23. The molecule has 0 saturated carbocycles. The summed E-state index contributed by atoms with van der Waals surface area (Å²) in [6.07, 6.45) is -6.03. The van der Waals surface area contributed by atoms with Gasteiger partial charge in [-0.1, -0.05) is 12.1 Å². The molecular formula is C15H18F3NO4. The topological polar surface area (TPSA) is 75.6 Å². The van der Waals surface area contributed by atoms with Crippen LogP contribution < -0.4 is 5.32 Å². The van der Waals surface area contributed by atoms with Crippen LogP contribution in [-0.4, -0.2) is 22.8 Å². The summed E-state index contributed by atoms with van der Waals surface area (Å²) in [6.45, 7) is 4.84. The Labute approximate surface area is 131 Å². The number of benzene rings is 1. The summed E-state index contributed by atoms with van der Waals surface area (Å²) in [6, 6.07) is 3.02. The third-order valence-electron chi connectivity index (χ3n) is 2.69. The van der Waals surface area contributed by atoms with E-state index in [0.29, 0.717) is 0 Å². The van der Waals surface area contributed by atoms with Crippen molar-refractivity contribution in [2.75, 3.05) is 0 Å². The van der Waals surface area contributed by atoms with Crippen LogP contribution >= 0.6 is 0 Å². The van der Waals surface area contributed by atoms with Gasteiger partial charge in [0.25, 0.3) is 0 Å². The molecule has 0 bridgehead atoms.